The summed E-state index contributed by atoms with van der Waals surface area (Å²) >= 11 is 0. The van der Waals surface area contributed by atoms with Gasteiger partial charge in [0.2, 0.25) is 0 Å². The molecule has 0 heterocycles. The van der Waals surface area contributed by atoms with Gasteiger partial charge in [-0.1, -0.05) is 6.08 Å². The van der Waals surface area contributed by atoms with Gasteiger partial charge in [0.05, 0.1) is 6.61 Å². The number of hydrogen-bond donors (Lipinski definition) is 3. The molecule has 0 aromatic carbocycles. The molecule has 14 heavy (non-hydrogen) atoms. The molecule has 0 bridgehead atoms. The summed E-state index contributed by atoms with van der Waals surface area (Å²) in [5.41, 5.74) is 0. The van der Waals surface area contributed by atoms with E-state index in [1.165, 1.54) is 6.08 Å². The fourth-order valence-corrected chi connectivity index (χ4v) is 0.402. The van der Waals surface area contributed by atoms with Crippen LogP contribution in [0.3, 0.4) is 0 Å². The first-order chi connectivity index (χ1) is 5.56. The van der Waals surface area contributed by atoms with Gasteiger partial charge in [-0.05, 0) is 0 Å². The molecule has 0 aliphatic rings. The molecule has 0 aromatic heterocycles. The molecule has 0 atom stereocenters. The zero-order valence-corrected chi connectivity index (χ0v) is 8.32. The van der Waals surface area contributed by atoms with E-state index in [0.717, 1.165) is 0 Å². The second-order valence-electron chi connectivity index (χ2n) is 1.45. The Balaban J connectivity index is -0.000000177. The molecule has 9 nitrogen and oxygen atoms in total. The van der Waals surface area contributed by atoms with Crippen molar-refractivity contribution in [3.05, 3.63) is 12.7 Å². The van der Waals surface area contributed by atoms with Crippen LogP contribution in [0.2, 0.25) is 0 Å². The third-order valence-electron chi connectivity index (χ3n) is 0.335. The molecule has 0 aliphatic heterocycles. The molecule has 88 valence electrons. The quantitative estimate of drug-likeness (QED) is 0.404. The van der Waals surface area contributed by atoms with Crippen LogP contribution in [0.25, 0.3) is 0 Å². The van der Waals surface area contributed by atoms with Gasteiger partial charge in [0.25, 0.3) is 0 Å². The van der Waals surface area contributed by atoms with Crippen LogP contribution in [0.5, 0.6) is 0 Å². The highest BCUT2D eigenvalue weighted by atomic mass is 32.3. The Morgan fingerprint density at radius 3 is 1.50 bits per heavy atom. The first-order valence-electron chi connectivity index (χ1n) is 2.49. The van der Waals surface area contributed by atoms with Crippen LogP contribution >= 0.6 is 0 Å². The van der Waals surface area contributed by atoms with Gasteiger partial charge in [0.15, 0.2) is 0 Å². The zero-order valence-electron chi connectivity index (χ0n) is 6.69. The van der Waals surface area contributed by atoms with E-state index in [1.807, 2.05) is 0 Å². The molecule has 5 N–H and O–H groups in total. The Labute approximate surface area is 80.8 Å². The van der Waals surface area contributed by atoms with Crippen LogP contribution in [-0.2, 0) is 25.0 Å². The minimum atomic E-state index is -4.67. The normalized spacial score (nSPS) is 10.5. The van der Waals surface area contributed by atoms with Crippen LogP contribution in [0.4, 0.5) is 0 Å². The Morgan fingerprint density at radius 2 is 1.43 bits per heavy atom. The van der Waals surface area contributed by atoms with Crippen LogP contribution < -0.4 is 0 Å². The molecule has 0 rings (SSSR count). The van der Waals surface area contributed by atoms with Gasteiger partial charge >= 0.3 is 20.8 Å². The highest BCUT2D eigenvalue weighted by Gasteiger charge is 1.99. The lowest BCUT2D eigenvalue weighted by Gasteiger charge is -1.90. The van der Waals surface area contributed by atoms with Gasteiger partial charge in [-0.25, -0.2) is 4.18 Å². The molecule has 0 saturated heterocycles. The highest BCUT2D eigenvalue weighted by molar-refractivity contribution is 7.80. The Hall–Kier alpha value is -0.560. The minimum absolute atomic E-state index is 0. The third kappa shape index (κ3) is 63.3. The van der Waals surface area contributed by atoms with E-state index >= 15 is 0 Å². The highest BCUT2D eigenvalue weighted by Crippen LogP contribution is 1.83. The van der Waals surface area contributed by atoms with Crippen molar-refractivity contribution in [2.75, 3.05) is 6.61 Å². The Kier molecular flexibility index (Phi) is 10.6. The molecule has 11 heteroatoms. The first kappa shape index (κ1) is 19.1. The van der Waals surface area contributed by atoms with Crippen molar-refractivity contribution < 1.29 is 40.2 Å². The van der Waals surface area contributed by atoms with Gasteiger partial charge in [0.1, 0.15) is 0 Å². The van der Waals surface area contributed by atoms with E-state index < -0.39 is 20.8 Å². The zero-order chi connectivity index (χ0) is 11.1. The summed E-state index contributed by atoms with van der Waals surface area (Å²) in [5.74, 6) is 0. The van der Waals surface area contributed by atoms with Gasteiger partial charge in [-0.2, -0.15) is 16.8 Å². The average molecular weight is 254 g/mol. The van der Waals surface area contributed by atoms with Crippen molar-refractivity contribution in [1.29, 1.82) is 0 Å². The van der Waals surface area contributed by atoms with E-state index in [9.17, 15) is 8.42 Å². The van der Waals surface area contributed by atoms with Crippen LogP contribution in [0, 0.1) is 0 Å². The summed E-state index contributed by atoms with van der Waals surface area (Å²) < 4.78 is 62.6. The molecular weight excluding hydrogens is 244 g/mol. The van der Waals surface area contributed by atoms with Crippen molar-refractivity contribution in [2.24, 2.45) is 0 Å². The van der Waals surface area contributed by atoms with E-state index in [1.54, 1.807) is 0 Å². The summed E-state index contributed by atoms with van der Waals surface area (Å²) in [5, 5.41) is 0. The summed E-state index contributed by atoms with van der Waals surface area (Å²) in [7, 11) is -8.92. The lowest BCUT2D eigenvalue weighted by atomic mass is 10.7. The maximum atomic E-state index is 9.68. The lowest BCUT2D eigenvalue weighted by Crippen LogP contribution is -2.02. The smallest absolute Gasteiger partial charge is 0.397 e. The first-order valence-corrected chi connectivity index (χ1v) is 5.25. The summed E-state index contributed by atoms with van der Waals surface area (Å²) in [6.45, 7) is 2.97. The largest absolute Gasteiger partial charge is 0.412 e. The van der Waals surface area contributed by atoms with Crippen molar-refractivity contribution in [3.63, 3.8) is 0 Å². The van der Waals surface area contributed by atoms with E-state index in [4.69, 9.17) is 22.1 Å². The van der Waals surface area contributed by atoms with Crippen molar-refractivity contribution >= 4 is 20.8 Å². The monoisotopic (exact) mass is 254 g/mol. The van der Waals surface area contributed by atoms with E-state index in [2.05, 4.69) is 10.8 Å². The Bertz CT molecular complexity index is 315. The van der Waals surface area contributed by atoms with E-state index in [0.29, 0.717) is 0 Å². The molecule has 0 amide bonds. The van der Waals surface area contributed by atoms with Gasteiger partial charge in [0, 0.05) is 0 Å². The third-order valence-corrected chi connectivity index (χ3v) is 0.769. The van der Waals surface area contributed by atoms with Gasteiger partial charge in [-0.3, -0.25) is 13.7 Å². The van der Waals surface area contributed by atoms with Crippen molar-refractivity contribution in [1.82, 2.24) is 0 Å². The fourth-order valence-electron chi connectivity index (χ4n) is 0.134. The topological polar surface area (TPSA) is 170 Å². The van der Waals surface area contributed by atoms with Crippen molar-refractivity contribution in [3.8, 4) is 0 Å². The molecule has 0 spiro atoms. The predicted octanol–water partition coefficient (Wildman–Crippen LogP) is -1.49. The minimum Gasteiger partial charge on any atom is -0.412 e. The average Bonchev–Trinajstić information content (AvgIpc) is 1.77. The molecule has 0 aliphatic carbocycles. The predicted molar refractivity (Wildman–Crippen MR) is 45.5 cm³/mol. The standard InChI is InChI=1S/C3H6O4S.H2O4S.H2O/c1-2-3-7-8(4,5)6;1-5(2,3)4;/h2H,1,3H2,(H,4,5,6);(H2,1,2,3,4);1H2. The van der Waals surface area contributed by atoms with Crippen molar-refractivity contribution in [2.45, 2.75) is 0 Å². The number of rotatable bonds is 3. The molecule has 0 aromatic rings. The molecular formula is C3H10O9S2. The summed E-state index contributed by atoms with van der Waals surface area (Å²) in [6.07, 6.45) is 1.22. The van der Waals surface area contributed by atoms with Gasteiger partial charge in [-0.15, -0.1) is 6.58 Å². The van der Waals surface area contributed by atoms with Crippen LogP contribution in [-0.4, -0.2) is 42.6 Å². The summed E-state index contributed by atoms with van der Waals surface area (Å²) in [6, 6.07) is 0. The molecule has 0 radical (unpaired) electrons. The number of hydrogen-bond acceptors (Lipinski definition) is 5. The maximum absolute atomic E-state index is 9.68. The van der Waals surface area contributed by atoms with E-state index in [-0.39, 0.29) is 12.1 Å². The van der Waals surface area contributed by atoms with Crippen LogP contribution in [0.15, 0.2) is 12.7 Å². The van der Waals surface area contributed by atoms with Crippen LogP contribution in [0.1, 0.15) is 0 Å². The molecule has 0 fully saturated rings. The maximum Gasteiger partial charge on any atom is 0.397 e. The second kappa shape index (κ2) is 7.81. The SMILES string of the molecule is C=CCOS(=O)(=O)O.O.O=S(=O)(O)O. The van der Waals surface area contributed by atoms with Gasteiger partial charge < -0.3 is 5.48 Å². The Morgan fingerprint density at radius 1 is 1.14 bits per heavy atom. The summed E-state index contributed by atoms with van der Waals surface area (Å²) in [4.78, 5) is 0. The fraction of sp³-hybridized carbons (Fsp3) is 0.333. The molecule has 0 unspecified atom stereocenters. The second-order valence-corrected chi connectivity index (χ2v) is 3.44. The molecule has 0 saturated carbocycles. The lowest BCUT2D eigenvalue weighted by molar-refractivity contribution is 0.296.